The van der Waals surface area contributed by atoms with Crippen LogP contribution in [0.15, 0.2) is 78.9 Å². The molecule has 168 valence electrons. The molecule has 0 aliphatic heterocycles. The number of ether oxygens (including phenoxy) is 2. The van der Waals surface area contributed by atoms with E-state index in [1.807, 2.05) is 92.7 Å². The Bertz CT molecular complexity index is 973. The van der Waals surface area contributed by atoms with Crippen molar-refractivity contribution in [2.45, 2.75) is 32.6 Å². The highest BCUT2D eigenvalue weighted by molar-refractivity contribution is 5.99. The molecule has 0 bridgehead atoms. The molecule has 2 N–H and O–H groups in total. The normalized spacial score (nSPS) is 11.7. The van der Waals surface area contributed by atoms with Gasteiger partial charge in [0.1, 0.15) is 11.5 Å². The van der Waals surface area contributed by atoms with E-state index >= 15 is 0 Å². The molecule has 6 nitrogen and oxygen atoms in total. The van der Waals surface area contributed by atoms with Gasteiger partial charge in [0.05, 0.1) is 14.2 Å². The molecule has 0 aliphatic rings. The van der Waals surface area contributed by atoms with E-state index in [-0.39, 0.29) is 11.9 Å². The van der Waals surface area contributed by atoms with E-state index in [0.29, 0.717) is 6.54 Å². The zero-order valence-corrected chi connectivity index (χ0v) is 19.0. The molecule has 0 saturated carbocycles. The van der Waals surface area contributed by atoms with Gasteiger partial charge in [0.2, 0.25) is 0 Å². The molecule has 0 fully saturated rings. The summed E-state index contributed by atoms with van der Waals surface area (Å²) < 4.78 is 10.5. The quantitative estimate of drug-likeness (QED) is 0.455. The lowest BCUT2D eigenvalue weighted by Crippen LogP contribution is -2.53. The van der Waals surface area contributed by atoms with Crippen molar-refractivity contribution in [3.63, 3.8) is 0 Å². The Labute approximate surface area is 190 Å². The average molecular weight is 434 g/mol. The Morgan fingerprint density at radius 1 is 0.844 bits per heavy atom. The van der Waals surface area contributed by atoms with Crippen LogP contribution in [0.3, 0.4) is 0 Å². The molecule has 3 aromatic rings. The number of hydrogen-bond donors (Lipinski definition) is 2. The molecular formula is C26H31N3O3. The largest absolute Gasteiger partial charge is 0.497 e. The molecule has 0 aliphatic carbocycles. The number of carbonyl (C=O) groups is 1. The first kappa shape index (κ1) is 23.2. The molecule has 0 heterocycles. The van der Waals surface area contributed by atoms with Crippen LogP contribution in [0.1, 0.15) is 19.4 Å². The second kappa shape index (κ2) is 11.2. The number of nitrogens with zero attached hydrogens (tertiary/aromatic N) is 1. The van der Waals surface area contributed by atoms with Gasteiger partial charge in [0.15, 0.2) is 6.17 Å². The van der Waals surface area contributed by atoms with Gasteiger partial charge in [-0.3, -0.25) is 10.1 Å². The van der Waals surface area contributed by atoms with Crippen LogP contribution in [0, 0.1) is 0 Å². The molecular weight excluding hydrogens is 402 g/mol. The standard InChI is InChI=1S/C26H31N3O3/c1-19(2)29(22-12-16-24(32-4)17-13-22)26(30)25(28-21-8-6-5-7-9-21)27-18-20-10-14-23(31-3)15-11-20/h5-17,19,25,27-28H,18H2,1-4H3. The number of anilines is 2. The number of nitrogens with one attached hydrogen (secondary N) is 2. The molecule has 6 heteroatoms. The molecule has 0 aromatic heterocycles. The van der Waals surface area contributed by atoms with Crippen LogP contribution >= 0.6 is 0 Å². The van der Waals surface area contributed by atoms with Gasteiger partial charge in [-0.15, -0.1) is 0 Å². The van der Waals surface area contributed by atoms with Crippen LogP contribution in [0.2, 0.25) is 0 Å². The summed E-state index contributed by atoms with van der Waals surface area (Å²) in [6, 6.07) is 25.0. The van der Waals surface area contributed by atoms with Gasteiger partial charge in [-0.25, -0.2) is 0 Å². The second-order valence-corrected chi connectivity index (χ2v) is 7.67. The lowest BCUT2D eigenvalue weighted by Gasteiger charge is -2.32. The second-order valence-electron chi connectivity index (χ2n) is 7.67. The van der Waals surface area contributed by atoms with Crippen molar-refractivity contribution in [3.05, 3.63) is 84.4 Å². The lowest BCUT2D eigenvalue weighted by molar-refractivity contribution is -0.120. The van der Waals surface area contributed by atoms with E-state index in [1.54, 1.807) is 19.1 Å². The number of carbonyl (C=O) groups excluding carboxylic acids is 1. The van der Waals surface area contributed by atoms with E-state index in [2.05, 4.69) is 10.6 Å². The van der Waals surface area contributed by atoms with Gasteiger partial charge < -0.3 is 19.7 Å². The fourth-order valence-electron chi connectivity index (χ4n) is 3.43. The molecule has 0 spiro atoms. The zero-order valence-electron chi connectivity index (χ0n) is 19.0. The van der Waals surface area contributed by atoms with E-state index in [0.717, 1.165) is 28.4 Å². The first-order valence-corrected chi connectivity index (χ1v) is 10.7. The highest BCUT2D eigenvalue weighted by Gasteiger charge is 2.27. The maximum Gasteiger partial charge on any atom is 0.264 e. The monoisotopic (exact) mass is 433 g/mol. The van der Waals surface area contributed by atoms with Crippen molar-refractivity contribution in [2.75, 3.05) is 24.4 Å². The highest BCUT2D eigenvalue weighted by atomic mass is 16.5. The number of amides is 1. The van der Waals surface area contributed by atoms with Crippen LogP contribution in [0.4, 0.5) is 11.4 Å². The molecule has 0 saturated heterocycles. The van der Waals surface area contributed by atoms with E-state index in [9.17, 15) is 4.79 Å². The van der Waals surface area contributed by atoms with Crippen molar-refractivity contribution in [1.29, 1.82) is 0 Å². The minimum Gasteiger partial charge on any atom is -0.497 e. The molecule has 3 aromatic carbocycles. The van der Waals surface area contributed by atoms with Crippen LogP contribution in [-0.2, 0) is 11.3 Å². The van der Waals surface area contributed by atoms with Gasteiger partial charge in [0, 0.05) is 24.0 Å². The summed E-state index contributed by atoms with van der Waals surface area (Å²) >= 11 is 0. The van der Waals surface area contributed by atoms with Crippen molar-refractivity contribution in [2.24, 2.45) is 0 Å². The summed E-state index contributed by atoms with van der Waals surface area (Å²) in [4.78, 5) is 15.5. The Morgan fingerprint density at radius 2 is 1.41 bits per heavy atom. The number of methoxy groups -OCH3 is 2. The van der Waals surface area contributed by atoms with Crippen molar-refractivity contribution < 1.29 is 14.3 Å². The maximum absolute atomic E-state index is 13.7. The third-order valence-electron chi connectivity index (χ3n) is 5.11. The van der Waals surface area contributed by atoms with E-state index in [4.69, 9.17) is 9.47 Å². The summed E-state index contributed by atoms with van der Waals surface area (Å²) in [5.74, 6) is 1.48. The maximum atomic E-state index is 13.7. The molecule has 1 amide bonds. The van der Waals surface area contributed by atoms with E-state index < -0.39 is 6.17 Å². The first-order valence-electron chi connectivity index (χ1n) is 10.7. The predicted octanol–water partition coefficient (Wildman–Crippen LogP) is 4.67. The number of rotatable bonds is 10. The van der Waals surface area contributed by atoms with Gasteiger partial charge in [-0.05, 0) is 67.9 Å². The third-order valence-corrected chi connectivity index (χ3v) is 5.11. The third kappa shape index (κ3) is 6.02. The molecule has 0 radical (unpaired) electrons. The van der Waals surface area contributed by atoms with Gasteiger partial charge in [-0.1, -0.05) is 30.3 Å². The van der Waals surface area contributed by atoms with Crippen LogP contribution < -0.4 is 25.0 Å². The predicted molar refractivity (Wildman–Crippen MR) is 129 cm³/mol. The summed E-state index contributed by atoms with van der Waals surface area (Å²) in [5, 5.41) is 6.73. The fraction of sp³-hybridized carbons (Fsp3) is 0.269. The lowest BCUT2D eigenvalue weighted by atomic mass is 10.2. The Balaban J connectivity index is 1.83. The Kier molecular flexibility index (Phi) is 8.11. The topological polar surface area (TPSA) is 62.8 Å². The Morgan fingerprint density at radius 3 is 1.94 bits per heavy atom. The van der Waals surface area contributed by atoms with Gasteiger partial charge in [0.25, 0.3) is 5.91 Å². The van der Waals surface area contributed by atoms with Crippen LogP contribution in [0.5, 0.6) is 11.5 Å². The summed E-state index contributed by atoms with van der Waals surface area (Å²) in [6.07, 6.45) is -0.621. The van der Waals surface area contributed by atoms with Crippen LogP contribution in [-0.4, -0.2) is 32.3 Å². The summed E-state index contributed by atoms with van der Waals surface area (Å²) in [6.45, 7) is 4.53. The summed E-state index contributed by atoms with van der Waals surface area (Å²) in [7, 11) is 3.27. The van der Waals surface area contributed by atoms with Gasteiger partial charge in [-0.2, -0.15) is 0 Å². The number of para-hydroxylation sites is 1. The Hall–Kier alpha value is -3.51. The molecule has 1 atom stereocenters. The average Bonchev–Trinajstić information content (AvgIpc) is 2.83. The molecule has 32 heavy (non-hydrogen) atoms. The van der Waals surface area contributed by atoms with Gasteiger partial charge >= 0.3 is 0 Å². The SMILES string of the molecule is COc1ccc(CNC(Nc2ccccc2)C(=O)N(c2ccc(OC)cc2)C(C)C)cc1. The highest BCUT2D eigenvalue weighted by Crippen LogP contribution is 2.23. The zero-order chi connectivity index (χ0) is 22.9. The van der Waals surface area contributed by atoms with Crippen molar-refractivity contribution >= 4 is 17.3 Å². The number of benzene rings is 3. The smallest absolute Gasteiger partial charge is 0.264 e. The summed E-state index contributed by atoms with van der Waals surface area (Å²) in [5.41, 5.74) is 2.74. The van der Waals surface area contributed by atoms with Crippen molar-refractivity contribution in [1.82, 2.24) is 5.32 Å². The van der Waals surface area contributed by atoms with Crippen molar-refractivity contribution in [3.8, 4) is 11.5 Å². The molecule has 3 rings (SSSR count). The first-order chi connectivity index (χ1) is 15.5. The van der Waals surface area contributed by atoms with E-state index in [1.165, 1.54) is 0 Å². The number of hydrogen-bond acceptors (Lipinski definition) is 5. The molecule has 1 unspecified atom stereocenters. The fourth-order valence-corrected chi connectivity index (χ4v) is 3.43. The minimum absolute atomic E-state index is 0.0289. The van der Waals surface area contributed by atoms with Crippen LogP contribution in [0.25, 0.3) is 0 Å². The minimum atomic E-state index is -0.621.